The van der Waals surface area contributed by atoms with E-state index in [2.05, 4.69) is 57.1 Å². The number of pyridine rings is 2. The van der Waals surface area contributed by atoms with Crippen LogP contribution in [-0.4, -0.2) is 93.4 Å². The van der Waals surface area contributed by atoms with Crippen molar-refractivity contribution in [2.24, 2.45) is 5.92 Å². The fraction of sp³-hybridized carbons (Fsp3) is 0.444. The van der Waals surface area contributed by atoms with E-state index in [1.165, 1.54) is 5.56 Å². The molecule has 0 aromatic carbocycles. The van der Waals surface area contributed by atoms with Crippen LogP contribution in [0.25, 0.3) is 27.7 Å². The fourth-order valence-corrected chi connectivity index (χ4v) is 5.46. The van der Waals surface area contributed by atoms with Crippen molar-refractivity contribution in [1.82, 2.24) is 34.3 Å². The van der Waals surface area contributed by atoms with Gasteiger partial charge in [-0.3, -0.25) is 9.69 Å². The van der Waals surface area contributed by atoms with E-state index in [1.54, 1.807) is 6.20 Å². The summed E-state index contributed by atoms with van der Waals surface area (Å²) in [4.78, 5) is 28.6. The Kier molecular flexibility index (Phi) is 5.88. The molecule has 0 atom stereocenters. The van der Waals surface area contributed by atoms with Gasteiger partial charge in [-0.1, -0.05) is 0 Å². The number of carbonyl (C=O) groups excluding carboxylic acids is 1. The van der Waals surface area contributed by atoms with Gasteiger partial charge < -0.3 is 14.8 Å². The lowest BCUT2D eigenvalue weighted by atomic mass is 9.89. The first-order valence-corrected chi connectivity index (χ1v) is 12.6. The van der Waals surface area contributed by atoms with Crippen molar-refractivity contribution in [3.8, 4) is 11.1 Å². The Balaban J connectivity index is 1.30. The molecule has 8 nitrogen and oxygen atoms in total. The molecule has 2 aliphatic rings. The van der Waals surface area contributed by atoms with Gasteiger partial charge in [0.05, 0.1) is 17.3 Å². The van der Waals surface area contributed by atoms with E-state index in [9.17, 15) is 4.79 Å². The van der Waals surface area contributed by atoms with E-state index in [1.807, 2.05) is 23.1 Å². The van der Waals surface area contributed by atoms with Crippen molar-refractivity contribution in [2.45, 2.75) is 19.4 Å². The maximum absolute atomic E-state index is 13.4. The molecular formula is C27H33N7O. The predicted octanol–water partition coefficient (Wildman–Crippen LogP) is 3.15. The Labute approximate surface area is 205 Å². The number of nitrogens with zero attached hydrogens (tertiary/aromatic N) is 6. The van der Waals surface area contributed by atoms with E-state index >= 15 is 0 Å². The summed E-state index contributed by atoms with van der Waals surface area (Å²) in [7, 11) is 4.30. The Bertz CT molecular complexity index is 1360. The minimum atomic E-state index is 0.0808. The highest BCUT2D eigenvalue weighted by molar-refractivity contribution is 6.04. The standard InChI is InChI=1S/C27H33N7O/c1-31-6-3-20(4-7-31)26(35)24-17-30-34-8-5-21(14-25(24)34)23-16-29-27-22(23)13-19(15-28-27)18-33-11-9-32(2)10-12-33/h5,8,13-17,20H,3-4,6-7,9-12,18H2,1-2H3,(H,28,29). The number of ketones is 1. The number of rotatable bonds is 5. The second-order valence-corrected chi connectivity index (χ2v) is 10.3. The number of piperidine rings is 1. The smallest absolute Gasteiger partial charge is 0.169 e. The third-order valence-electron chi connectivity index (χ3n) is 7.78. The summed E-state index contributed by atoms with van der Waals surface area (Å²) in [6.45, 7) is 7.24. The molecule has 6 heterocycles. The summed E-state index contributed by atoms with van der Waals surface area (Å²) in [5.74, 6) is 0.303. The highest BCUT2D eigenvalue weighted by atomic mass is 16.1. The van der Waals surface area contributed by atoms with Gasteiger partial charge in [-0.05, 0) is 69.4 Å². The molecule has 182 valence electrons. The largest absolute Gasteiger partial charge is 0.346 e. The molecule has 0 unspecified atom stereocenters. The maximum Gasteiger partial charge on any atom is 0.169 e. The molecule has 0 spiro atoms. The minimum Gasteiger partial charge on any atom is -0.346 e. The molecule has 0 bridgehead atoms. The summed E-state index contributed by atoms with van der Waals surface area (Å²) in [6, 6.07) is 6.43. The van der Waals surface area contributed by atoms with Gasteiger partial charge in [0, 0.05) is 68.2 Å². The first-order valence-electron chi connectivity index (χ1n) is 12.6. The average Bonchev–Trinajstić information content (AvgIpc) is 3.49. The fourth-order valence-electron chi connectivity index (χ4n) is 5.46. The summed E-state index contributed by atoms with van der Waals surface area (Å²) in [5, 5.41) is 5.59. The second kappa shape index (κ2) is 9.18. The number of hydrogen-bond acceptors (Lipinski definition) is 6. The number of Topliss-reactive ketones (excluding diaryl/α,β-unsaturated/α-hetero) is 1. The number of hydrogen-bond donors (Lipinski definition) is 1. The molecule has 0 amide bonds. The average molecular weight is 472 g/mol. The molecule has 2 saturated heterocycles. The van der Waals surface area contributed by atoms with Crippen molar-refractivity contribution < 1.29 is 4.79 Å². The molecule has 1 N–H and O–H groups in total. The number of nitrogens with one attached hydrogen (secondary N) is 1. The van der Waals surface area contributed by atoms with E-state index in [0.717, 1.165) is 91.9 Å². The van der Waals surface area contributed by atoms with Crippen LogP contribution < -0.4 is 0 Å². The van der Waals surface area contributed by atoms with Gasteiger partial charge in [0.15, 0.2) is 5.78 Å². The van der Waals surface area contributed by atoms with Crippen molar-refractivity contribution in [1.29, 1.82) is 0 Å². The zero-order valence-corrected chi connectivity index (χ0v) is 20.6. The van der Waals surface area contributed by atoms with Gasteiger partial charge in [-0.2, -0.15) is 5.10 Å². The Hall–Kier alpha value is -3.07. The summed E-state index contributed by atoms with van der Waals surface area (Å²) < 4.78 is 1.82. The predicted molar refractivity (Wildman–Crippen MR) is 138 cm³/mol. The van der Waals surface area contributed by atoms with Gasteiger partial charge in [0.2, 0.25) is 0 Å². The number of carbonyl (C=O) groups is 1. The van der Waals surface area contributed by atoms with Crippen molar-refractivity contribution in [2.75, 3.05) is 53.4 Å². The number of fused-ring (bicyclic) bond motifs is 2. The van der Waals surface area contributed by atoms with Crippen molar-refractivity contribution in [3.05, 3.63) is 54.1 Å². The lowest BCUT2D eigenvalue weighted by Gasteiger charge is -2.32. The zero-order chi connectivity index (χ0) is 23.9. The highest BCUT2D eigenvalue weighted by Crippen LogP contribution is 2.31. The topological polar surface area (TPSA) is 72.8 Å². The lowest BCUT2D eigenvalue weighted by molar-refractivity contribution is 0.0858. The Morgan fingerprint density at radius 3 is 2.60 bits per heavy atom. The monoisotopic (exact) mass is 471 g/mol. The Morgan fingerprint density at radius 1 is 1.03 bits per heavy atom. The summed E-state index contributed by atoms with van der Waals surface area (Å²) in [6.07, 6.45) is 9.53. The van der Waals surface area contributed by atoms with Crippen LogP contribution in [0, 0.1) is 5.92 Å². The summed E-state index contributed by atoms with van der Waals surface area (Å²) in [5.41, 5.74) is 5.90. The molecule has 4 aromatic heterocycles. The molecule has 35 heavy (non-hydrogen) atoms. The molecule has 4 aromatic rings. The molecular weight excluding hydrogens is 438 g/mol. The molecule has 2 aliphatic heterocycles. The molecule has 0 radical (unpaired) electrons. The number of likely N-dealkylation sites (tertiary alicyclic amines) is 1. The Morgan fingerprint density at radius 2 is 1.80 bits per heavy atom. The third-order valence-corrected chi connectivity index (χ3v) is 7.78. The number of likely N-dealkylation sites (N-methyl/N-ethyl adjacent to an activating group) is 1. The molecule has 6 rings (SSSR count). The van der Waals surface area contributed by atoms with E-state index in [4.69, 9.17) is 4.98 Å². The number of aromatic amines is 1. The van der Waals surface area contributed by atoms with Gasteiger partial charge in [0.1, 0.15) is 5.65 Å². The first-order chi connectivity index (χ1) is 17.0. The van der Waals surface area contributed by atoms with Gasteiger partial charge >= 0.3 is 0 Å². The second-order valence-electron chi connectivity index (χ2n) is 10.3. The minimum absolute atomic E-state index is 0.0808. The van der Waals surface area contributed by atoms with Crippen LogP contribution in [0.5, 0.6) is 0 Å². The SMILES string of the molecule is CN1CCC(C(=O)c2cnn3ccc(-c4c[nH]c5ncc(CN6CCN(C)CC6)cc45)cc23)CC1. The normalized spacial score (nSPS) is 19.1. The van der Waals surface area contributed by atoms with Crippen LogP contribution >= 0.6 is 0 Å². The number of piperazine rings is 1. The maximum atomic E-state index is 13.4. The van der Waals surface area contributed by atoms with Crippen LogP contribution in [0.1, 0.15) is 28.8 Å². The molecule has 8 heteroatoms. The summed E-state index contributed by atoms with van der Waals surface area (Å²) >= 11 is 0. The molecule has 0 saturated carbocycles. The van der Waals surface area contributed by atoms with Gasteiger partial charge in [-0.25, -0.2) is 9.50 Å². The van der Waals surface area contributed by atoms with E-state index < -0.39 is 0 Å². The van der Waals surface area contributed by atoms with Crippen LogP contribution in [0.3, 0.4) is 0 Å². The number of aromatic nitrogens is 4. The van der Waals surface area contributed by atoms with Gasteiger partial charge in [-0.15, -0.1) is 0 Å². The molecule has 2 fully saturated rings. The van der Waals surface area contributed by atoms with Crippen LogP contribution in [0.4, 0.5) is 0 Å². The van der Waals surface area contributed by atoms with Crippen LogP contribution in [0.2, 0.25) is 0 Å². The van der Waals surface area contributed by atoms with Crippen molar-refractivity contribution in [3.63, 3.8) is 0 Å². The van der Waals surface area contributed by atoms with Crippen LogP contribution in [0.15, 0.2) is 43.0 Å². The van der Waals surface area contributed by atoms with E-state index in [0.29, 0.717) is 0 Å². The first kappa shape index (κ1) is 22.4. The third kappa shape index (κ3) is 4.37. The van der Waals surface area contributed by atoms with E-state index in [-0.39, 0.29) is 11.7 Å². The lowest BCUT2D eigenvalue weighted by Crippen LogP contribution is -2.43. The highest BCUT2D eigenvalue weighted by Gasteiger charge is 2.26. The molecule has 0 aliphatic carbocycles. The van der Waals surface area contributed by atoms with Crippen LogP contribution in [-0.2, 0) is 6.54 Å². The quantitative estimate of drug-likeness (QED) is 0.451. The van der Waals surface area contributed by atoms with Crippen molar-refractivity contribution >= 4 is 22.3 Å². The zero-order valence-electron chi connectivity index (χ0n) is 20.6. The van der Waals surface area contributed by atoms with Gasteiger partial charge in [0.25, 0.3) is 0 Å². The number of H-pyrrole nitrogens is 1.